The second-order valence-electron chi connectivity index (χ2n) is 3.11. The van der Waals surface area contributed by atoms with E-state index in [1.165, 1.54) is 0 Å². The third kappa shape index (κ3) is 3.15. The Labute approximate surface area is 93.0 Å². The summed E-state index contributed by atoms with van der Waals surface area (Å²) in [4.78, 5) is 11.0. The summed E-state index contributed by atoms with van der Waals surface area (Å²) in [5, 5.41) is 0. The van der Waals surface area contributed by atoms with Gasteiger partial charge < -0.3 is 4.74 Å². The van der Waals surface area contributed by atoms with Gasteiger partial charge in [0.25, 0.3) is 6.43 Å². The molecule has 0 heterocycles. The van der Waals surface area contributed by atoms with Crippen molar-refractivity contribution >= 4 is 5.78 Å². The second-order valence-corrected chi connectivity index (χ2v) is 3.11. The molecule has 0 aliphatic rings. The molecule has 1 aromatic rings. The average molecular weight is 254 g/mol. The molecule has 0 saturated carbocycles. The summed E-state index contributed by atoms with van der Waals surface area (Å²) in [5.41, 5.74) is -1.60. The molecule has 0 aliphatic carbocycles. The van der Waals surface area contributed by atoms with Gasteiger partial charge in [-0.2, -0.15) is 8.78 Å². The molecule has 0 fully saturated rings. The molecule has 0 spiro atoms. The molecule has 1 rings (SSSR count). The third-order valence-electron chi connectivity index (χ3n) is 1.93. The molecule has 0 aromatic heterocycles. The molecule has 17 heavy (non-hydrogen) atoms. The standard InChI is InChI=1S/C10H7F5O2/c1-4(16)5-2-7(11)6(9(12)13)3-8(5)17-10(14)15/h2-3,9-10H,1H3. The maximum absolute atomic E-state index is 13.1. The fourth-order valence-corrected chi connectivity index (χ4v) is 1.20. The zero-order chi connectivity index (χ0) is 13.2. The van der Waals surface area contributed by atoms with Crippen LogP contribution in [0, 0.1) is 5.82 Å². The van der Waals surface area contributed by atoms with E-state index in [9.17, 15) is 26.7 Å². The molecule has 0 amide bonds. The van der Waals surface area contributed by atoms with E-state index in [0.717, 1.165) is 6.92 Å². The van der Waals surface area contributed by atoms with Gasteiger partial charge in [-0.05, 0) is 19.1 Å². The summed E-state index contributed by atoms with van der Waals surface area (Å²) >= 11 is 0. The minimum absolute atomic E-state index is 0.406. The predicted octanol–water partition coefficient (Wildman–Crippen LogP) is 3.57. The maximum atomic E-state index is 13.1. The van der Waals surface area contributed by atoms with Gasteiger partial charge in [0.1, 0.15) is 11.6 Å². The summed E-state index contributed by atoms with van der Waals surface area (Å²) in [6.45, 7) is -2.31. The van der Waals surface area contributed by atoms with E-state index < -0.39 is 41.5 Å². The van der Waals surface area contributed by atoms with Gasteiger partial charge in [0, 0.05) is 0 Å². The molecule has 1 aromatic carbocycles. The largest absolute Gasteiger partial charge is 0.434 e. The van der Waals surface area contributed by atoms with E-state index >= 15 is 0 Å². The van der Waals surface area contributed by atoms with Gasteiger partial charge >= 0.3 is 6.61 Å². The van der Waals surface area contributed by atoms with Gasteiger partial charge in [0.15, 0.2) is 5.78 Å². The highest BCUT2D eigenvalue weighted by Gasteiger charge is 2.21. The van der Waals surface area contributed by atoms with Crippen LogP contribution < -0.4 is 4.74 Å². The van der Waals surface area contributed by atoms with Crippen molar-refractivity contribution in [1.82, 2.24) is 0 Å². The molecule has 94 valence electrons. The van der Waals surface area contributed by atoms with Crippen LogP contribution in [0.3, 0.4) is 0 Å². The number of ether oxygens (including phenoxy) is 1. The number of halogens is 5. The Hall–Kier alpha value is -1.66. The Morgan fingerprint density at radius 2 is 1.82 bits per heavy atom. The number of hydrogen-bond donors (Lipinski definition) is 0. The third-order valence-corrected chi connectivity index (χ3v) is 1.93. The van der Waals surface area contributed by atoms with Gasteiger partial charge in [0.05, 0.1) is 11.1 Å². The van der Waals surface area contributed by atoms with Crippen molar-refractivity contribution in [1.29, 1.82) is 0 Å². The number of rotatable bonds is 4. The number of hydrogen-bond acceptors (Lipinski definition) is 2. The average Bonchev–Trinajstić information content (AvgIpc) is 2.18. The molecule has 0 aliphatic heterocycles. The van der Waals surface area contributed by atoms with E-state index in [4.69, 9.17) is 0 Å². The highest BCUT2D eigenvalue weighted by molar-refractivity contribution is 5.96. The predicted molar refractivity (Wildman–Crippen MR) is 48.0 cm³/mol. The van der Waals surface area contributed by atoms with Crippen LogP contribution in [0.2, 0.25) is 0 Å². The fourth-order valence-electron chi connectivity index (χ4n) is 1.20. The zero-order valence-electron chi connectivity index (χ0n) is 8.52. The summed E-state index contributed by atoms with van der Waals surface area (Å²) in [7, 11) is 0. The number of ketones is 1. The van der Waals surface area contributed by atoms with E-state index in [0.29, 0.717) is 12.1 Å². The van der Waals surface area contributed by atoms with Crippen LogP contribution >= 0.6 is 0 Å². The number of carbonyl (C=O) groups is 1. The normalized spacial score (nSPS) is 11.1. The van der Waals surface area contributed by atoms with Crippen LogP contribution in [-0.4, -0.2) is 12.4 Å². The summed E-state index contributed by atoms with van der Waals surface area (Å²) in [6.07, 6.45) is -3.18. The maximum Gasteiger partial charge on any atom is 0.387 e. The van der Waals surface area contributed by atoms with Gasteiger partial charge in [-0.25, -0.2) is 13.2 Å². The van der Waals surface area contributed by atoms with Crippen LogP contribution in [0.5, 0.6) is 5.75 Å². The minimum atomic E-state index is -3.29. The topological polar surface area (TPSA) is 26.3 Å². The van der Waals surface area contributed by atoms with Crippen molar-refractivity contribution in [2.75, 3.05) is 0 Å². The molecular weight excluding hydrogens is 247 g/mol. The molecule has 0 saturated heterocycles. The van der Waals surface area contributed by atoms with Gasteiger partial charge in [-0.3, -0.25) is 4.79 Å². The minimum Gasteiger partial charge on any atom is -0.434 e. The highest BCUT2D eigenvalue weighted by atomic mass is 19.3. The number of benzene rings is 1. The fraction of sp³-hybridized carbons (Fsp3) is 0.300. The van der Waals surface area contributed by atoms with Gasteiger partial charge in [-0.1, -0.05) is 0 Å². The Balaban J connectivity index is 3.31. The van der Waals surface area contributed by atoms with Crippen molar-refractivity contribution in [3.63, 3.8) is 0 Å². The van der Waals surface area contributed by atoms with Crippen LogP contribution in [0.15, 0.2) is 12.1 Å². The van der Waals surface area contributed by atoms with E-state index in [-0.39, 0.29) is 0 Å². The van der Waals surface area contributed by atoms with E-state index in [2.05, 4.69) is 4.74 Å². The summed E-state index contributed by atoms with van der Waals surface area (Å²) in [6, 6.07) is 0.866. The molecule has 0 bridgehead atoms. The number of carbonyl (C=O) groups excluding carboxylic acids is 1. The van der Waals surface area contributed by atoms with Crippen LogP contribution in [-0.2, 0) is 0 Å². The lowest BCUT2D eigenvalue weighted by Crippen LogP contribution is -2.08. The van der Waals surface area contributed by atoms with Crippen molar-refractivity contribution < 1.29 is 31.5 Å². The van der Waals surface area contributed by atoms with E-state index in [1.807, 2.05) is 0 Å². The van der Waals surface area contributed by atoms with Crippen LogP contribution in [0.1, 0.15) is 29.3 Å². The molecule has 7 heteroatoms. The molecule has 0 unspecified atom stereocenters. The summed E-state index contributed by atoms with van der Waals surface area (Å²) in [5.74, 6) is -2.86. The SMILES string of the molecule is CC(=O)c1cc(F)c(C(F)F)cc1OC(F)F. The van der Waals surface area contributed by atoms with Crippen LogP contribution in [0.25, 0.3) is 0 Å². The highest BCUT2D eigenvalue weighted by Crippen LogP contribution is 2.30. The first-order chi connectivity index (χ1) is 7.82. The Morgan fingerprint density at radius 3 is 2.24 bits per heavy atom. The Bertz CT molecular complexity index is 431. The first-order valence-electron chi connectivity index (χ1n) is 4.40. The van der Waals surface area contributed by atoms with Crippen LogP contribution in [0.4, 0.5) is 22.0 Å². The lowest BCUT2D eigenvalue weighted by atomic mass is 10.1. The first-order valence-corrected chi connectivity index (χ1v) is 4.40. The second kappa shape index (κ2) is 5.11. The van der Waals surface area contributed by atoms with Crippen molar-refractivity contribution in [2.45, 2.75) is 20.0 Å². The quantitative estimate of drug-likeness (QED) is 0.606. The lowest BCUT2D eigenvalue weighted by Gasteiger charge is -2.11. The summed E-state index contributed by atoms with van der Waals surface area (Å²) < 4.78 is 65.6. The monoisotopic (exact) mass is 254 g/mol. The van der Waals surface area contributed by atoms with Crippen molar-refractivity contribution in [3.8, 4) is 5.75 Å². The van der Waals surface area contributed by atoms with Gasteiger partial charge in [-0.15, -0.1) is 0 Å². The molecular formula is C10H7F5O2. The lowest BCUT2D eigenvalue weighted by molar-refractivity contribution is -0.0504. The zero-order valence-corrected chi connectivity index (χ0v) is 8.52. The molecule has 0 atom stereocenters. The van der Waals surface area contributed by atoms with Crippen molar-refractivity contribution in [3.05, 3.63) is 29.1 Å². The van der Waals surface area contributed by atoms with Gasteiger partial charge in [0.2, 0.25) is 0 Å². The van der Waals surface area contributed by atoms with E-state index in [1.54, 1.807) is 0 Å². The molecule has 0 N–H and O–H groups in total. The number of alkyl halides is 4. The van der Waals surface area contributed by atoms with Crippen molar-refractivity contribution in [2.24, 2.45) is 0 Å². The Morgan fingerprint density at radius 1 is 1.24 bits per heavy atom. The molecule has 0 radical (unpaired) electrons. The Kier molecular flexibility index (Phi) is 4.03. The molecule has 2 nitrogen and oxygen atoms in total. The number of Topliss-reactive ketones (excluding diaryl/α,β-unsaturated/α-hetero) is 1. The first kappa shape index (κ1) is 13.4. The smallest absolute Gasteiger partial charge is 0.387 e.